The molecule has 1 fully saturated rings. The zero-order valence-electron chi connectivity index (χ0n) is 6.70. The first-order valence-corrected chi connectivity index (χ1v) is 4.21. The van der Waals surface area contributed by atoms with E-state index in [4.69, 9.17) is 0 Å². The molecule has 2 heteroatoms. The zero-order chi connectivity index (χ0) is 8.55. The largest absolute Gasteiger partial charge is 0.388 e. The second-order valence-electron chi connectivity index (χ2n) is 3.33. The van der Waals surface area contributed by atoms with Crippen molar-refractivity contribution in [3.63, 3.8) is 0 Å². The highest BCUT2D eigenvalue weighted by Gasteiger charge is 2.30. The summed E-state index contributed by atoms with van der Waals surface area (Å²) in [5, 5.41) is 9.63. The Kier molecular flexibility index (Phi) is 1.85. The average Bonchev–Trinajstić information content (AvgIpc) is 2.87. The molecule has 0 aromatic heterocycles. The van der Waals surface area contributed by atoms with Gasteiger partial charge in [0.1, 0.15) is 5.82 Å². The molecule has 0 amide bonds. The van der Waals surface area contributed by atoms with Crippen LogP contribution >= 0.6 is 0 Å². The molecule has 1 N–H and O–H groups in total. The Bertz CT molecular complexity index is 264. The van der Waals surface area contributed by atoms with Crippen molar-refractivity contribution >= 4 is 0 Å². The summed E-state index contributed by atoms with van der Waals surface area (Å²) >= 11 is 0. The van der Waals surface area contributed by atoms with Crippen molar-refractivity contribution in [1.29, 1.82) is 0 Å². The summed E-state index contributed by atoms with van der Waals surface area (Å²) in [4.78, 5) is 0. The Hall–Kier alpha value is -0.890. The van der Waals surface area contributed by atoms with Crippen LogP contribution in [0.3, 0.4) is 0 Å². The molecule has 0 bridgehead atoms. The highest BCUT2D eigenvalue weighted by atomic mass is 19.1. The van der Waals surface area contributed by atoms with Crippen LogP contribution in [0.5, 0.6) is 0 Å². The van der Waals surface area contributed by atoms with Crippen LogP contribution in [0.2, 0.25) is 0 Å². The summed E-state index contributed by atoms with van der Waals surface area (Å²) in [7, 11) is 0. The highest BCUT2D eigenvalue weighted by Crippen LogP contribution is 2.40. The molecule has 1 atom stereocenters. The fraction of sp³-hybridized carbons (Fsp3) is 0.400. The van der Waals surface area contributed by atoms with Gasteiger partial charge >= 0.3 is 0 Å². The van der Waals surface area contributed by atoms with E-state index in [2.05, 4.69) is 0 Å². The molecular weight excluding hydrogens is 155 g/mol. The summed E-state index contributed by atoms with van der Waals surface area (Å²) in [6, 6.07) is 6.08. The standard InChI is InChI=1S/C10H11FO/c11-9-5-3-8(4-6-9)10(12)7-1-2-7/h3-7,10,12H,1-2H2. The summed E-state index contributed by atoms with van der Waals surface area (Å²) in [5.74, 6) is 0.164. The van der Waals surface area contributed by atoms with Gasteiger partial charge in [0.2, 0.25) is 0 Å². The predicted octanol–water partition coefficient (Wildman–Crippen LogP) is 2.27. The molecule has 1 saturated carbocycles. The van der Waals surface area contributed by atoms with Crippen molar-refractivity contribution in [3.8, 4) is 0 Å². The Morgan fingerprint density at radius 2 is 1.83 bits per heavy atom. The highest BCUT2D eigenvalue weighted by molar-refractivity contribution is 5.20. The van der Waals surface area contributed by atoms with Crippen molar-refractivity contribution in [2.45, 2.75) is 18.9 Å². The number of benzene rings is 1. The number of aliphatic hydroxyl groups is 1. The van der Waals surface area contributed by atoms with Gasteiger partial charge in [0.25, 0.3) is 0 Å². The van der Waals surface area contributed by atoms with Gasteiger partial charge in [0.15, 0.2) is 0 Å². The normalized spacial score (nSPS) is 19.2. The molecule has 0 radical (unpaired) electrons. The van der Waals surface area contributed by atoms with E-state index >= 15 is 0 Å². The SMILES string of the molecule is OC(c1ccc(F)cc1)C1CC1. The van der Waals surface area contributed by atoms with Gasteiger partial charge in [-0.15, -0.1) is 0 Å². The third-order valence-corrected chi connectivity index (χ3v) is 2.28. The maximum absolute atomic E-state index is 12.5. The molecule has 0 saturated heterocycles. The Morgan fingerprint density at radius 1 is 1.25 bits per heavy atom. The van der Waals surface area contributed by atoms with E-state index in [9.17, 15) is 9.50 Å². The number of hydrogen-bond acceptors (Lipinski definition) is 1. The molecule has 0 spiro atoms. The van der Waals surface area contributed by atoms with Crippen LogP contribution in [0.15, 0.2) is 24.3 Å². The van der Waals surface area contributed by atoms with Gasteiger partial charge in [-0.05, 0) is 36.5 Å². The molecule has 1 nitrogen and oxygen atoms in total. The molecule has 64 valence electrons. The first kappa shape index (κ1) is 7.74. The predicted molar refractivity (Wildman–Crippen MR) is 44.1 cm³/mol. The van der Waals surface area contributed by atoms with E-state index in [0.29, 0.717) is 5.92 Å². The van der Waals surface area contributed by atoms with Crippen molar-refractivity contribution in [1.82, 2.24) is 0 Å². The number of halogens is 1. The molecule has 1 unspecified atom stereocenters. The smallest absolute Gasteiger partial charge is 0.123 e. The van der Waals surface area contributed by atoms with E-state index < -0.39 is 0 Å². The second-order valence-corrected chi connectivity index (χ2v) is 3.33. The average molecular weight is 166 g/mol. The fourth-order valence-electron chi connectivity index (χ4n) is 1.34. The summed E-state index contributed by atoms with van der Waals surface area (Å²) in [6.45, 7) is 0. The van der Waals surface area contributed by atoms with Crippen LogP contribution in [0.4, 0.5) is 4.39 Å². The van der Waals surface area contributed by atoms with Gasteiger partial charge in [-0.2, -0.15) is 0 Å². The minimum absolute atomic E-state index is 0.248. The maximum Gasteiger partial charge on any atom is 0.123 e. The van der Waals surface area contributed by atoms with Crippen LogP contribution in [-0.4, -0.2) is 5.11 Å². The number of aliphatic hydroxyl groups excluding tert-OH is 1. The fourth-order valence-corrected chi connectivity index (χ4v) is 1.34. The Balaban J connectivity index is 2.16. The van der Waals surface area contributed by atoms with Crippen LogP contribution < -0.4 is 0 Å². The van der Waals surface area contributed by atoms with Crippen LogP contribution in [0.25, 0.3) is 0 Å². The van der Waals surface area contributed by atoms with Crippen molar-refractivity contribution in [2.75, 3.05) is 0 Å². The van der Waals surface area contributed by atoms with E-state index in [0.717, 1.165) is 18.4 Å². The summed E-state index contributed by atoms with van der Waals surface area (Å²) in [5.41, 5.74) is 0.832. The number of hydrogen-bond donors (Lipinski definition) is 1. The first-order chi connectivity index (χ1) is 5.77. The molecule has 1 aliphatic carbocycles. The molecule has 0 aliphatic heterocycles. The molecule has 0 heterocycles. The lowest BCUT2D eigenvalue weighted by Gasteiger charge is -2.08. The molecule has 12 heavy (non-hydrogen) atoms. The lowest BCUT2D eigenvalue weighted by Crippen LogP contribution is -1.98. The zero-order valence-corrected chi connectivity index (χ0v) is 6.70. The summed E-state index contributed by atoms with van der Waals surface area (Å²) < 4.78 is 12.5. The van der Waals surface area contributed by atoms with Crippen molar-refractivity contribution in [2.24, 2.45) is 5.92 Å². The third-order valence-electron chi connectivity index (χ3n) is 2.28. The Labute approximate surface area is 70.8 Å². The lowest BCUT2D eigenvalue weighted by atomic mass is 10.1. The molecule has 2 rings (SSSR count). The van der Waals surface area contributed by atoms with Crippen LogP contribution in [0, 0.1) is 11.7 Å². The Morgan fingerprint density at radius 3 is 2.33 bits per heavy atom. The second kappa shape index (κ2) is 2.87. The van der Waals surface area contributed by atoms with Gasteiger partial charge < -0.3 is 5.11 Å². The number of rotatable bonds is 2. The van der Waals surface area contributed by atoms with Gasteiger partial charge in [0, 0.05) is 0 Å². The lowest BCUT2D eigenvalue weighted by molar-refractivity contribution is 0.154. The van der Waals surface area contributed by atoms with E-state index in [1.807, 2.05) is 0 Å². The third kappa shape index (κ3) is 1.48. The van der Waals surface area contributed by atoms with Crippen molar-refractivity contribution < 1.29 is 9.50 Å². The molecule has 1 aliphatic rings. The topological polar surface area (TPSA) is 20.2 Å². The minimum atomic E-state index is -0.384. The molecular formula is C10H11FO. The first-order valence-electron chi connectivity index (χ1n) is 4.21. The van der Waals surface area contributed by atoms with Crippen LogP contribution in [0.1, 0.15) is 24.5 Å². The molecule has 1 aromatic carbocycles. The van der Waals surface area contributed by atoms with Gasteiger partial charge in [0.05, 0.1) is 6.10 Å². The maximum atomic E-state index is 12.5. The van der Waals surface area contributed by atoms with E-state index in [1.54, 1.807) is 12.1 Å². The monoisotopic (exact) mass is 166 g/mol. The summed E-state index contributed by atoms with van der Waals surface area (Å²) in [6.07, 6.45) is 1.81. The van der Waals surface area contributed by atoms with Crippen molar-refractivity contribution in [3.05, 3.63) is 35.6 Å². The van der Waals surface area contributed by atoms with Gasteiger partial charge in [-0.3, -0.25) is 0 Å². The van der Waals surface area contributed by atoms with Crippen LogP contribution in [-0.2, 0) is 0 Å². The molecule has 1 aromatic rings. The quantitative estimate of drug-likeness (QED) is 0.714. The van der Waals surface area contributed by atoms with Gasteiger partial charge in [-0.1, -0.05) is 12.1 Å². The van der Waals surface area contributed by atoms with Gasteiger partial charge in [-0.25, -0.2) is 4.39 Å². The van der Waals surface area contributed by atoms with E-state index in [-0.39, 0.29) is 11.9 Å². The van der Waals surface area contributed by atoms with E-state index in [1.165, 1.54) is 12.1 Å². The minimum Gasteiger partial charge on any atom is -0.388 e.